The van der Waals surface area contributed by atoms with Gasteiger partial charge in [-0.15, -0.1) is 0 Å². The highest BCUT2D eigenvalue weighted by Gasteiger charge is 2.18. The van der Waals surface area contributed by atoms with E-state index in [0.29, 0.717) is 0 Å². The minimum atomic E-state index is 0.934. The van der Waals surface area contributed by atoms with Crippen molar-refractivity contribution in [2.75, 3.05) is 25.1 Å². The van der Waals surface area contributed by atoms with Gasteiger partial charge in [-0.1, -0.05) is 15.9 Å². The van der Waals surface area contributed by atoms with Gasteiger partial charge in [0.05, 0.1) is 24.5 Å². The molecule has 1 aromatic carbocycles. The molecule has 0 aliphatic carbocycles. The zero-order chi connectivity index (χ0) is 12.5. The van der Waals surface area contributed by atoms with Crippen LogP contribution in [0.4, 0.5) is 5.69 Å². The summed E-state index contributed by atoms with van der Waals surface area (Å²) in [6.45, 7) is 2.19. The molecule has 1 aromatic heterocycles. The van der Waals surface area contributed by atoms with Gasteiger partial charge in [0, 0.05) is 22.9 Å². The van der Waals surface area contributed by atoms with Crippen LogP contribution in [0.1, 0.15) is 12.8 Å². The molecule has 1 aliphatic rings. The maximum Gasteiger partial charge on any atom is 0.153 e. The number of anilines is 1. The van der Waals surface area contributed by atoms with Gasteiger partial charge in [-0.2, -0.15) is 0 Å². The van der Waals surface area contributed by atoms with Crippen molar-refractivity contribution < 1.29 is 4.74 Å². The number of halogens is 1. The van der Waals surface area contributed by atoms with Gasteiger partial charge in [0.15, 0.2) is 5.75 Å². The fourth-order valence-corrected chi connectivity index (χ4v) is 2.89. The molecular formula is C14H15BrN2O. The van der Waals surface area contributed by atoms with Crippen LogP contribution < -0.4 is 9.64 Å². The Hall–Kier alpha value is -1.29. The van der Waals surface area contributed by atoms with Crippen molar-refractivity contribution in [3.05, 3.63) is 28.9 Å². The first kappa shape index (κ1) is 11.8. The van der Waals surface area contributed by atoms with Crippen LogP contribution in [0.15, 0.2) is 28.9 Å². The number of hydrogen-bond acceptors (Lipinski definition) is 3. The molecule has 0 N–H and O–H groups in total. The number of hydrogen-bond donors (Lipinski definition) is 0. The lowest BCUT2D eigenvalue weighted by molar-refractivity contribution is 0.419. The molecule has 0 spiro atoms. The quantitative estimate of drug-likeness (QED) is 0.847. The smallest absolute Gasteiger partial charge is 0.153 e. The van der Waals surface area contributed by atoms with E-state index in [1.807, 2.05) is 18.3 Å². The molecule has 2 aromatic rings. The standard InChI is InChI=1S/C14H15BrN2O/c1-18-14-11-8-10(15)4-5-12(11)16-9-13(14)17-6-2-3-7-17/h4-5,8-9H,2-3,6-7H2,1H3. The highest BCUT2D eigenvalue weighted by molar-refractivity contribution is 9.10. The third-order valence-corrected chi connectivity index (χ3v) is 3.91. The number of fused-ring (bicyclic) bond motifs is 1. The summed E-state index contributed by atoms with van der Waals surface area (Å²) < 4.78 is 6.67. The summed E-state index contributed by atoms with van der Waals surface area (Å²) in [5.41, 5.74) is 2.08. The second kappa shape index (κ2) is 4.76. The van der Waals surface area contributed by atoms with E-state index in [2.05, 4.69) is 31.9 Å². The van der Waals surface area contributed by atoms with E-state index in [4.69, 9.17) is 4.74 Å². The zero-order valence-electron chi connectivity index (χ0n) is 10.3. The van der Waals surface area contributed by atoms with Crippen LogP contribution in [0.25, 0.3) is 10.9 Å². The largest absolute Gasteiger partial charge is 0.494 e. The zero-order valence-corrected chi connectivity index (χ0v) is 11.9. The number of benzene rings is 1. The van der Waals surface area contributed by atoms with Gasteiger partial charge in [-0.3, -0.25) is 4.98 Å². The summed E-state index contributed by atoms with van der Waals surface area (Å²) in [7, 11) is 1.73. The molecule has 94 valence electrons. The van der Waals surface area contributed by atoms with Gasteiger partial charge in [0.1, 0.15) is 0 Å². The first-order valence-corrected chi connectivity index (χ1v) is 6.96. The molecular weight excluding hydrogens is 292 g/mol. The molecule has 0 amide bonds. The molecule has 18 heavy (non-hydrogen) atoms. The van der Waals surface area contributed by atoms with Crippen LogP contribution >= 0.6 is 15.9 Å². The van der Waals surface area contributed by atoms with E-state index in [1.54, 1.807) is 7.11 Å². The van der Waals surface area contributed by atoms with Crippen molar-refractivity contribution in [2.45, 2.75) is 12.8 Å². The van der Waals surface area contributed by atoms with Crippen LogP contribution in [0.3, 0.4) is 0 Å². The molecule has 0 saturated carbocycles. The minimum Gasteiger partial charge on any atom is -0.494 e. The fraction of sp³-hybridized carbons (Fsp3) is 0.357. The molecule has 1 fully saturated rings. The summed E-state index contributed by atoms with van der Waals surface area (Å²) in [6.07, 6.45) is 4.43. The number of rotatable bonds is 2. The fourth-order valence-electron chi connectivity index (χ4n) is 2.53. The number of aromatic nitrogens is 1. The summed E-state index contributed by atoms with van der Waals surface area (Å²) in [4.78, 5) is 6.89. The van der Waals surface area contributed by atoms with Crippen LogP contribution in [-0.2, 0) is 0 Å². The van der Waals surface area contributed by atoms with Crippen molar-refractivity contribution in [3.63, 3.8) is 0 Å². The van der Waals surface area contributed by atoms with Crippen molar-refractivity contribution >= 4 is 32.5 Å². The van der Waals surface area contributed by atoms with Gasteiger partial charge in [-0.25, -0.2) is 0 Å². The van der Waals surface area contributed by atoms with Gasteiger partial charge in [0.25, 0.3) is 0 Å². The molecule has 0 unspecified atom stereocenters. The maximum absolute atomic E-state index is 5.62. The molecule has 1 saturated heterocycles. The van der Waals surface area contributed by atoms with Gasteiger partial charge in [-0.05, 0) is 31.0 Å². The Morgan fingerprint density at radius 3 is 2.78 bits per heavy atom. The van der Waals surface area contributed by atoms with Crippen LogP contribution in [-0.4, -0.2) is 25.2 Å². The molecule has 3 rings (SSSR count). The molecule has 1 aliphatic heterocycles. The number of nitrogens with zero attached hydrogens (tertiary/aromatic N) is 2. The Morgan fingerprint density at radius 1 is 1.28 bits per heavy atom. The molecule has 2 heterocycles. The average molecular weight is 307 g/mol. The van der Waals surface area contributed by atoms with Crippen molar-refractivity contribution in [1.82, 2.24) is 4.98 Å². The van der Waals surface area contributed by atoms with Crippen molar-refractivity contribution in [2.24, 2.45) is 0 Å². The third kappa shape index (κ3) is 1.94. The van der Waals surface area contributed by atoms with E-state index in [0.717, 1.165) is 39.9 Å². The second-order valence-corrected chi connectivity index (χ2v) is 5.45. The second-order valence-electron chi connectivity index (χ2n) is 4.53. The SMILES string of the molecule is COc1c(N2CCCC2)cnc2ccc(Br)cc12. The Kier molecular flexibility index (Phi) is 3.12. The highest BCUT2D eigenvalue weighted by Crippen LogP contribution is 2.37. The van der Waals surface area contributed by atoms with Crippen LogP contribution in [0.5, 0.6) is 5.75 Å². The lowest BCUT2D eigenvalue weighted by Gasteiger charge is -2.21. The van der Waals surface area contributed by atoms with Gasteiger partial charge >= 0.3 is 0 Å². The normalized spacial score (nSPS) is 15.3. The molecule has 0 atom stereocenters. The first-order chi connectivity index (χ1) is 8.79. The molecule has 0 radical (unpaired) electrons. The predicted molar refractivity (Wildman–Crippen MR) is 77.4 cm³/mol. The van der Waals surface area contributed by atoms with Gasteiger partial charge in [0.2, 0.25) is 0 Å². The monoisotopic (exact) mass is 306 g/mol. The number of ether oxygens (including phenoxy) is 1. The lowest BCUT2D eigenvalue weighted by Crippen LogP contribution is -2.18. The summed E-state index contributed by atoms with van der Waals surface area (Å²) >= 11 is 3.51. The van der Waals surface area contributed by atoms with Crippen LogP contribution in [0, 0.1) is 0 Å². The van der Waals surface area contributed by atoms with E-state index in [1.165, 1.54) is 12.8 Å². The summed E-state index contributed by atoms with van der Waals surface area (Å²) in [6, 6.07) is 6.08. The Labute approximate surface area is 115 Å². The lowest BCUT2D eigenvalue weighted by atomic mass is 10.2. The maximum atomic E-state index is 5.62. The Morgan fingerprint density at radius 2 is 2.06 bits per heavy atom. The van der Waals surface area contributed by atoms with E-state index in [9.17, 15) is 0 Å². The van der Waals surface area contributed by atoms with Crippen molar-refractivity contribution in [3.8, 4) is 5.75 Å². The van der Waals surface area contributed by atoms with E-state index < -0.39 is 0 Å². The molecule has 4 heteroatoms. The summed E-state index contributed by atoms with van der Waals surface area (Å²) in [5.74, 6) is 0.934. The molecule has 0 bridgehead atoms. The molecule has 3 nitrogen and oxygen atoms in total. The van der Waals surface area contributed by atoms with Crippen LogP contribution in [0.2, 0.25) is 0 Å². The minimum absolute atomic E-state index is 0.934. The third-order valence-electron chi connectivity index (χ3n) is 3.41. The van der Waals surface area contributed by atoms with Crippen molar-refractivity contribution in [1.29, 1.82) is 0 Å². The van der Waals surface area contributed by atoms with Gasteiger partial charge < -0.3 is 9.64 Å². The highest BCUT2D eigenvalue weighted by atomic mass is 79.9. The van der Waals surface area contributed by atoms with E-state index >= 15 is 0 Å². The Balaban J connectivity index is 2.19. The number of methoxy groups -OCH3 is 1. The van der Waals surface area contributed by atoms with E-state index in [-0.39, 0.29) is 0 Å². The predicted octanol–water partition coefficient (Wildman–Crippen LogP) is 3.61. The Bertz CT molecular complexity index is 579. The summed E-state index contributed by atoms with van der Waals surface area (Å²) in [5, 5.41) is 1.07. The first-order valence-electron chi connectivity index (χ1n) is 6.17. The average Bonchev–Trinajstić information content (AvgIpc) is 2.91. The number of pyridine rings is 1. The topological polar surface area (TPSA) is 25.4 Å².